The van der Waals surface area contributed by atoms with E-state index in [0.717, 1.165) is 128 Å². The van der Waals surface area contributed by atoms with Crippen LogP contribution in [0.3, 0.4) is 0 Å². The molecule has 2 unspecified atom stereocenters. The normalized spacial score (nSPS) is 14.2. The second kappa shape index (κ2) is 68.5. The Morgan fingerprint density at radius 1 is 0.298 bits per heavy atom. The molecule has 19 heteroatoms. The van der Waals surface area contributed by atoms with Gasteiger partial charge in [0.15, 0.2) is 12.2 Å². The van der Waals surface area contributed by atoms with Crippen molar-refractivity contribution in [1.29, 1.82) is 0 Å². The number of hydrogen-bond donors (Lipinski definition) is 3. The summed E-state index contributed by atoms with van der Waals surface area (Å²) < 4.78 is 68.3. The first-order chi connectivity index (χ1) is 45.7. The third-order valence-electron chi connectivity index (χ3n) is 16.4. The lowest BCUT2D eigenvalue weighted by atomic mass is 10.0. The van der Waals surface area contributed by atoms with Crippen LogP contribution < -0.4 is 0 Å². The number of ether oxygens (including phenoxy) is 4. The fourth-order valence-corrected chi connectivity index (χ4v) is 12.1. The first-order valence-corrected chi connectivity index (χ1v) is 40.9. The SMILES string of the molecule is CCCCCC/C=C\C=C/CCCCCCCC(=O)OC[C@H](COP(=O)(O)OC[C@@H](O)COP(=O)(O)OC[C@@H](COC(=O)CCCCCCCCCC)OC(=O)CCCCCCC/C=C\C=C/CCCCCC)OC(=O)CCCCCCCCCCCCCCCCCC. The topological polar surface area (TPSA) is 237 Å². The van der Waals surface area contributed by atoms with E-state index in [4.69, 9.17) is 37.0 Å². The quantitative estimate of drug-likeness (QED) is 0.0169. The fourth-order valence-electron chi connectivity index (χ4n) is 10.5. The molecular weight excluding hydrogens is 1230 g/mol. The Hall–Kier alpha value is -2.98. The Morgan fingerprint density at radius 3 is 0.777 bits per heavy atom. The molecule has 17 nitrogen and oxygen atoms in total. The third-order valence-corrected chi connectivity index (χ3v) is 18.3. The molecule has 5 atom stereocenters. The van der Waals surface area contributed by atoms with Gasteiger partial charge in [-0.25, -0.2) is 9.13 Å². The molecule has 0 rings (SSSR count). The molecule has 0 saturated carbocycles. The zero-order valence-electron chi connectivity index (χ0n) is 59.9. The molecule has 0 aliphatic heterocycles. The van der Waals surface area contributed by atoms with E-state index in [-0.39, 0.29) is 25.7 Å². The van der Waals surface area contributed by atoms with Crippen molar-refractivity contribution in [2.75, 3.05) is 39.6 Å². The summed E-state index contributed by atoms with van der Waals surface area (Å²) in [6.07, 6.45) is 64.0. The molecule has 0 spiro atoms. The van der Waals surface area contributed by atoms with Gasteiger partial charge in [0.05, 0.1) is 26.4 Å². The van der Waals surface area contributed by atoms with Crippen LogP contribution >= 0.6 is 15.6 Å². The van der Waals surface area contributed by atoms with E-state index in [1.54, 1.807) is 0 Å². The molecule has 0 aromatic heterocycles. The van der Waals surface area contributed by atoms with Crippen molar-refractivity contribution in [2.45, 2.75) is 367 Å². The Bertz CT molecular complexity index is 1980. The third kappa shape index (κ3) is 67.6. The summed E-state index contributed by atoms with van der Waals surface area (Å²) in [5.41, 5.74) is 0. The maximum atomic E-state index is 13.1. The second-order valence-corrected chi connectivity index (χ2v) is 28.6. The summed E-state index contributed by atoms with van der Waals surface area (Å²) in [5.74, 6) is -2.18. The van der Waals surface area contributed by atoms with Gasteiger partial charge < -0.3 is 33.8 Å². The predicted octanol–water partition coefficient (Wildman–Crippen LogP) is 21.3. The number of carbonyl (C=O) groups excluding carboxylic acids is 4. The lowest BCUT2D eigenvalue weighted by molar-refractivity contribution is -0.161. The number of hydrogen-bond acceptors (Lipinski definition) is 15. The van der Waals surface area contributed by atoms with E-state index >= 15 is 0 Å². The molecule has 0 amide bonds. The van der Waals surface area contributed by atoms with Gasteiger partial charge in [0.2, 0.25) is 0 Å². The van der Waals surface area contributed by atoms with Crippen LogP contribution in [0.2, 0.25) is 0 Å². The molecule has 0 aromatic carbocycles. The van der Waals surface area contributed by atoms with Crippen molar-refractivity contribution in [3.8, 4) is 0 Å². The van der Waals surface area contributed by atoms with Gasteiger partial charge in [-0.15, -0.1) is 0 Å². The van der Waals surface area contributed by atoms with Crippen molar-refractivity contribution in [2.24, 2.45) is 0 Å². The summed E-state index contributed by atoms with van der Waals surface area (Å²) in [6.45, 7) is 4.82. The van der Waals surface area contributed by atoms with Crippen LogP contribution in [0.4, 0.5) is 0 Å². The van der Waals surface area contributed by atoms with Gasteiger partial charge in [-0.05, 0) is 77.0 Å². The number of allylic oxidation sites excluding steroid dienone is 8. The van der Waals surface area contributed by atoms with Crippen LogP contribution in [0.5, 0.6) is 0 Å². The Kier molecular flexibility index (Phi) is 66.4. The number of aliphatic hydroxyl groups is 1. The monoisotopic (exact) mass is 1370 g/mol. The Balaban J connectivity index is 5.29. The summed E-state index contributed by atoms with van der Waals surface area (Å²) in [5, 5.41) is 10.6. The molecule has 0 heterocycles. The van der Waals surface area contributed by atoms with E-state index in [1.165, 1.54) is 141 Å². The van der Waals surface area contributed by atoms with Crippen molar-refractivity contribution < 1.29 is 80.2 Å². The summed E-state index contributed by atoms with van der Waals surface area (Å²) in [6, 6.07) is 0. The van der Waals surface area contributed by atoms with E-state index in [0.29, 0.717) is 25.7 Å². The van der Waals surface area contributed by atoms with Crippen molar-refractivity contribution in [3.05, 3.63) is 48.6 Å². The molecule has 3 N–H and O–H groups in total. The van der Waals surface area contributed by atoms with Gasteiger partial charge in [-0.3, -0.25) is 37.3 Å². The molecule has 0 bridgehead atoms. The average molecular weight is 1370 g/mol. The van der Waals surface area contributed by atoms with E-state index < -0.39 is 97.5 Å². The van der Waals surface area contributed by atoms with E-state index in [1.807, 2.05) is 0 Å². The molecule has 0 aliphatic rings. The fraction of sp³-hybridized carbons (Fsp3) is 0.840. The van der Waals surface area contributed by atoms with Crippen LogP contribution in [0.15, 0.2) is 48.6 Å². The highest BCUT2D eigenvalue weighted by Crippen LogP contribution is 2.45. The second-order valence-electron chi connectivity index (χ2n) is 25.7. The molecule has 0 aromatic rings. The molecule has 0 saturated heterocycles. The number of carbonyl (C=O) groups is 4. The maximum absolute atomic E-state index is 13.1. The largest absolute Gasteiger partial charge is 0.472 e. The number of phosphoric acid groups is 2. The highest BCUT2D eigenvalue weighted by atomic mass is 31.2. The molecule has 0 aliphatic carbocycles. The lowest BCUT2D eigenvalue weighted by Gasteiger charge is -2.21. The highest BCUT2D eigenvalue weighted by Gasteiger charge is 2.30. The Labute approximate surface area is 572 Å². The van der Waals surface area contributed by atoms with Gasteiger partial charge in [-0.1, -0.05) is 295 Å². The average Bonchev–Trinajstić information content (AvgIpc) is 1.30. The van der Waals surface area contributed by atoms with Crippen LogP contribution in [0.1, 0.15) is 349 Å². The standard InChI is InChI=1S/C75H138O17P2/c1-5-9-13-17-21-25-28-31-34-37-40-43-46-50-54-58-62-75(80)92-71(66-86-73(78)60-56-52-48-44-41-38-35-32-29-26-22-18-14-10-6-2)68-90-94(83,84)88-64-69(76)63-87-93(81,82)89-67-70(65-85-72(77)59-55-51-47-24-20-16-12-8-4)91-74(79)61-57-53-49-45-42-39-36-33-30-27-23-19-15-11-7-3/h26-27,29-30,32-33,35-36,69-71,76H,5-25,28,31,34,37-68H2,1-4H3,(H,81,82)(H,83,84)/b29-26-,30-27-,35-32-,36-33-/t69-,70+,71+/m0/s1. The zero-order chi connectivity index (χ0) is 69.0. The number of rotatable bonds is 72. The van der Waals surface area contributed by atoms with Crippen LogP contribution in [0, 0.1) is 0 Å². The first kappa shape index (κ1) is 91.0. The summed E-state index contributed by atoms with van der Waals surface area (Å²) in [4.78, 5) is 72.6. The summed E-state index contributed by atoms with van der Waals surface area (Å²) in [7, 11) is -9.93. The van der Waals surface area contributed by atoms with Gasteiger partial charge in [0.25, 0.3) is 0 Å². The van der Waals surface area contributed by atoms with Gasteiger partial charge in [0, 0.05) is 25.7 Å². The zero-order valence-corrected chi connectivity index (χ0v) is 61.7. The van der Waals surface area contributed by atoms with E-state index in [2.05, 4.69) is 76.3 Å². The number of phosphoric ester groups is 2. The van der Waals surface area contributed by atoms with Crippen molar-refractivity contribution >= 4 is 39.5 Å². The van der Waals surface area contributed by atoms with Crippen LogP contribution in [-0.4, -0.2) is 96.7 Å². The smallest absolute Gasteiger partial charge is 0.462 e. The molecular formula is C75H138O17P2. The minimum atomic E-state index is -4.97. The van der Waals surface area contributed by atoms with Crippen molar-refractivity contribution in [1.82, 2.24) is 0 Å². The lowest BCUT2D eigenvalue weighted by Crippen LogP contribution is -2.30. The highest BCUT2D eigenvalue weighted by molar-refractivity contribution is 7.47. The minimum absolute atomic E-state index is 0.0829. The van der Waals surface area contributed by atoms with Gasteiger partial charge in [0.1, 0.15) is 19.3 Å². The molecule has 550 valence electrons. The Morgan fingerprint density at radius 2 is 0.511 bits per heavy atom. The molecule has 94 heavy (non-hydrogen) atoms. The van der Waals surface area contributed by atoms with Crippen molar-refractivity contribution in [3.63, 3.8) is 0 Å². The van der Waals surface area contributed by atoms with Crippen LogP contribution in [0.25, 0.3) is 0 Å². The van der Waals surface area contributed by atoms with Gasteiger partial charge in [-0.2, -0.15) is 0 Å². The maximum Gasteiger partial charge on any atom is 0.472 e. The predicted molar refractivity (Wildman–Crippen MR) is 381 cm³/mol. The minimum Gasteiger partial charge on any atom is -0.462 e. The number of esters is 4. The number of aliphatic hydroxyl groups excluding tert-OH is 1. The van der Waals surface area contributed by atoms with Crippen LogP contribution in [-0.2, 0) is 65.4 Å². The molecule has 0 fully saturated rings. The first-order valence-electron chi connectivity index (χ1n) is 37.9. The summed E-state index contributed by atoms with van der Waals surface area (Å²) >= 11 is 0. The van der Waals surface area contributed by atoms with E-state index in [9.17, 15) is 43.2 Å². The number of unbranched alkanes of at least 4 members (excludes halogenated alkanes) is 40. The van der Waals surface area contributed by atoms with Gasteiger partial charge >= 0.3 is 39.5 Å². The molecule has 0 radical (unpaired) electrons.